The first kappa shape index (κ1) is 15.1. The van der Waals surface area contributed by atoms with Crippen LogP contribution in [0.15, 0.2) is 18.2 Å². The highest BCUT2D eigenvalue weighted by Gasteiger charge is 2.24. The van der Waals surface area contributed by atoms with E-state index in [4.69, 9.17) is 0 Å². The zero-order valence-electron chi connectivity index (χ0n) is 13.9. The van der Waals surface area contributed by atoms with E-state index in [-0.39, 0.29) is 5.91 Å². The van der Waals surface area contributed by atoms with E-state index < -0.39 is 0 Å². The number of benzene rings is 1. The first-order valence-corrected chi connectivity index (χ1v) is 8.02. The fourth-order valence-electron chi connectivity index (χ4n) is 3.36. The van der Waals surface area contributed by atoms with Crippen LogP contribution in [0.3, 0.4) is 0 Å². The summed E-state index contributed by atoms with van der Waals surface area (Å²) in [6, 6.07) is 6.60. The van der Waals surface area contributed by atoms with Crippen LogP contribution in [-0.2, 0) is 0 Å². The predicted octanol–water partition coefficient (Wildman–Crippen LogP) is 2.95. The number of hydrogen-bond donors (Lipinski definition) is 1. The smallest absolute Gasteiger partial charge is 0.253 e. The second-order valence-electron chi connectivity index (χ2n) is 6.62. The molecule has 2 heterocycles. The fourth-order valence-corrected chi connectivity index (χ4v) is 3.36. The maximum atomic E-state index is 12.7. The summed E-state index contributed by atoms with van der Waals surface area (Å²) < 4.78 is 0. The van der Waals surface area contributed by atoms with Gasteiger partial charge in [-0.05, 0) is 64.5 Å². The summed E-state index contributed by atoms with van der Waals surface area (Å²) in [4.78, 5) is 20.4. The Balaban J connectivity index is 1.79. The zero-order valence-corrected chi connectivity index (χ0v) is 13.9. The molecule has 1 aliphatic rings. The van der Waals surface area contributed by atoms with Gasteiger partial charge in [0.1, 0.15) is 0 Å². The molecular weight excluding hydrogens is 274 g/mol. The monoisotopic (exact) mass is 299 g/mol. The van der Waals surface area contributed by atoms with Gasteiger partial charge in [-0.2, -0.15) is 0 Å². The molecule has 1 amide bonds. The summed E-state index contributed by atoms with van der Waals surface area (Å²) in [7, 11) is 4.24. The van der Waals surface area contributed by atoms with Crippen molar-refractivity contribution in [3.63, 3.8) is 0 Å². The molecule has 0 atom stereocenters. The van der Waals surface area contributed by atoms with E-state index in [0.717, 1.165) is 42.4 Å². The third-order valence-corrected chi connectivity index (χ3v) is 5.04. The van der Waals surface area contributed by atoms with E-state index in [1.54, 1.807) is 0 Å². The van der Waals surface area contributed by atoms with E-state index in [9.17, 15) is 4.79 Å². The van der Waals surface area contributed by atoms with Crippen LogP contribution in [0.4, 0.5) is 0 Å². The van der Waals surface area contributed by atoms with Crippen LogP contribution in [0.25, 0.3) is 10.9 Å². The molecule has 2 aromatic rings. The Labute approximate surface area is 132 Å². The molecule has 1 fully saturated rings. The first-order chi connectivity index (χ1) is 10.5. The molecule has 1 aromatic carbocycles. The number of aromatic nitrogens is 1. The molecule has 1 saturated heterocycles. The van der Waals surface area contributed by atoms with E-state index in [0.29, 0.717) is 6.04 Å². The number of aromatic amines is 1. The van der Waals surface area contributed by atoms with Crippen LogP contribution in [-0.4, -0.2) is 53.9 Å². The van der Waals surface area contributed by atoms with Gasteiger partial charge in [0.2, 0.25) is 0 Å². The fraction of sp³-hybridized carbons (Fsp3) is 0.500. The van der Waals surface area contributed by atoms with E-state index in [2.05, 4.69) is 37.8 Å². The van der Waals surface area contributed by atoms with Gasteiger partial charge in [-0.1, -0.05) is 0 Å². The quantitative estimate of drug-likeness (QED) is 0.926. The molecule has 0 unspecified atom stereocenters. The maximum absolute atomic E-state index is 12.7. The number of amides is 1. The summed E-state index contributed by atoms with van der Waals surface area (Å²) in [5.74, 6) is 0.164. The number of carbonyl (C=O) groups excluding carboxylic acids is 1. The van der Waals surface area contributed by atoms with Crippen LogP contribution in [0.1, 0.15) is 34.5 Å². The molecule has 4 heteroatoms. The maximum Gasteiger partial charge on any atom is 0.253 e. The van der Waals surface area contributed by atoms with Crippen molar-refractivity contribution in [1.82, 2.24) is 14.8 Å². The Morgan fingerprint density at radius 3 is 2.55 bits per heavy atom. The number of aryl methyl sites for hydroxylation is 2. The minimum atomic E-state index is 0.164. The lowest BCUT2D eigenvalue weighted by Gasteiger charge is -2.35. The summed E-state index contributed by atoms with van der Waals surface area (Å²) >= 11 is 0. The second kappa shape index (κ2) is 5.76. The number of H-pyrrole nitrogens is 1. The van der Waals surface area contributed by atoms with Gasteiger partial charge in [0.25, 0.3) is 5.91 Å². The van der Waals surface area contributed by atoms with Gasteiger partial charge in [0.05, 0.1) is 0 Å². The number of rotatable bonds is 2. The average molecular weight is 299 g/mol. The van der Waals surface area contributed by atoms with Crippen molar-refractivity contribution in [3.8, 4) is 0 Å². The second-order valence-corrected chi connectivity index (χ2v) is 6.62. The number of hydrogen-bond acceptors (Lipinski definition) is 2. The van der Waals surface area contributed by atoms with E-state index in [1.807, 2.05) is 23.1 Å². The predicted molar refractivity (Wildman–Crippen MR) is 90.4 cm³/mol. The Bertz CT molecular complexity index is 694. The van der Waals surface area contributed by atoms with Gasteiger partial charge in [0.15, 0.2) is 0 Å². The van der Waals surface area contributed by atoms with Crippen molar-refractivity contribution in [1.29, 1.82) is 0 Å². The number of nitrogens with zero attached hydrogens (tertiary/aromatic N) is 2. The molecule has 0 aliphatic carbocycles. The standard InChI is InChI=1S/C18H25N3O/c1-12-13(2)19-17-6-5-14(11-16(12)17)18(22)21-9-7-15(8-10-21)20(3)4/h5-6,11,15,19H,7-10H2,1-4H3. The van der Waals surface area contributed by atoms with Crippen molar-refractivity contribution in [2.24, 2.45) is 0 Å². The van der Waals surface area contributed by atoms with Gasteiger partial charge >= 0.3 is 0 Å². The molecule has 0 saturated carbocycles. The lowest BCUT2D eigenvalue weighted by atomic mass is 10.0. The minimum absolute atomic E-state index is 0.164. The highest BCUT2D eigenvalue weighted by molar-refractivity contribution is 5.99. The minimum Gasteiger partial charge on any atom is -0.358 e. The number of piperidine rings is 1. The third-order valence-electron chi connectivity index (χ3n) is 5.04. The van der Waals surface area contributed by atoms with E-state index in [1.165, 1.54) is 11.3 Å². The number of fused-ring (bicyclic) bond motifs is 1. The number of nitrogens with one attached hydrogen (secondary N) is 1. The van der Waals surface area contributed by atoms with Crippen molar-refractivity contribution in [3.05, 3.63) is 35.0 Å². The Morgan fingerprint density at radius 2 is 1.91 bits per heavy atom. The van der Waals surface area contributed by atoms with Gasteiger partial charge in [-0.25, -0.2) is 0 Å². The number of carbonyl (C=O) groups is 1. The lowest BCUT2D eigenvalue weighted by Crippen LogP contribution is -2.44. The molecular formula is C18H25N3O. The SMILES string of the molecule is Cc1[nH]c2ccc(C(=O)N3CCC(N(C)C)CC3)cc2c1C. The molecule has 118 valence electrons. The van der Waals surface area contributed by atoms with Crippen LogP contribution < -0.4 is 0 Å². The number of likely N-dealkylation sites (tertiary alicyclic amines) is 1. The van der Waals surface area contributed by atoms with Crippen LogP contribution >= 0.6 is 0 Å². The van der Waals surface area contributed by atoms with Gasteiger partial charge in [-0.3, -0.25) is 4.79 Å². The molecule has 4 nitrogen and oxygen atoms in total. The topological polar surface area (TPSA) is 39.3 Å². The summed E-state index contributed by atoms with van der Waals surface area (Å²) in [6.07, 6.45) is 2.12. The van der Waals surface area contributed by atoms with Gasteiger partial charge < -0.3 is 14.8 Å². The van der Waals surface area contributed by atoms with Gasteiger partial charge in [0, 0.05) is 41.3 Å². The zero-order chi connectivity index (χ0) is 15.9. The van der Waals surface area contributed by atoms with Crippen molar-refractivity contribution in [2.75, 3.05) is 27.2 Å². The van der Waals surface area contributed by atoms with Crippen molar-refractivity contribution in [2.45, 2.75) is 32.7 Å². The molecule has 0 radical (unpaired) electrons. The van der Waals surface area contributed by atoms with Crippen molar-refractivity contribution >= 4 is 16.8 Å². The van der Waals surface area contributed by atoms with Gasteiger partial charge in [-0.15, -0.1) is 0 Å². The largest absolute Gasteiger partial charge is 0.358 e. The normalized spacial score (nSPS) is 16.7. The molecule has 0 bridgehead atoms. The van der Waals surface area contributed by atoms with Crippen LogP contribution in [0.5, 0.6) is 0 Å². The van der Waals surface area contributed by atoms with Crippen LogP contribution in [0, 0.1) is 13.8 Å². The Hall–Kier alpha value is -1.81. The summed E-state index contributed by atoms with van der Waals surface area (Å²) in [6.45, 7) is 5.88. The third kappa shape index (κ3) is 2.63. The lowest BCUT2D eigenvalue weighted by molar-refractivity contribution is 0.0663. The van der Waals surface area contributed by atoms with E-state index >= 15 is 0 Å². The summed E-state index contributed by atoms with van der Waals surface area (Å²) in [5, 5.41) is 1.16. The molecule has 1 N–H and O–H groups in total. The Kier molecular flexibility index (Phi) is 3.96. The molecule has 22 heavy (non-hydrogen) atoms. The average Bonchev–Trinajstić information content (AvgIpc) is 2.81. The molecule has 3 rings (SSSR count). The van der Waals surface area contributed by atoms with Crippen molar-refractivity contribution < 1.29 is 4.79 Å². The molecule has 0 spiro atoms. The Morgan fingerprint density at radius 1 is 1.23 bits per heavy atom. The summed E-state index contributed by atoms with van der Waals surface area (Å²) in [5.41, 5.74) is 4.32. The highest BCUT2D eigenvalue weighted by Crippen LogP contribution is 2.24. The molecule has 1 aromatic heterocycles. The van der Waals surface area contributed by atoms with Crippen LogP contribution in [0.2, 0.25) is 0 Å². The highest BCUT2D eigenvalue weighted by atomic mass is 16.2. The first-order valence-electron chi connectivity index (χ1n) is 8.02. The molecule has 1 aliphatic heterocycles.